The molecule has 164 valence electrons. The molecule has 0 aromatic heterocycles. The molecular weight excluding hydrogens is 519 g/mol. The predicted molar refractivity (Wildman–Crippen MR) is 109 cm³/mol. The first-order chi connectivity index (χ1) is 14.1. The van der Waals surface area contributed by atoms with E-state index in [1.807, 2.05) is 0 Å². The lowest BCUT2D eigenvalue weighted by Gasteiger charge is -2.13. The Bertz CT molecular complexity index is 834. The second-order valence-electron chi connectivity index (χ2n) is 5.59. The van der Waals surface area contributed by atoms with Gasteiger partial charge in [-0.15, -0.1) is 13.2 Å². The second-order valence-corrected chi connectivity index (χ2v) is 7.16. The van der Waals surface area contributed by atoms with Crippen LogP contribution in [-0.2, 0) is 0 Å². The summed E-state index contributed by atoms with van der Waals surface area (Å²) >= 11 is 14.9. The van der Waals surface area contributed by atoms with Gasteiger partial charge in [0.15, 0.2) is 10.5 Å². The van der Waals surface area contributed by atoms with Gasteiger partial charge in [-0.1, -0.05) is 23.2 Å². The molecule has 11 heteroatoms. The normalized spacial score (nSPS) is 11.9. The first kappa shape index (κ1) is 24.4. The Balaban J connectivity index is 1.77. The maximum Gasteiger partial charge on any atom is 0.573 e. The summed E-state index contributed by atoms with van der Waals surface area (Å²) < 4.78 is 68.5. The molecule has 0 aliphatic rings. The van der Waals surface area contributed by atoms with E-state index in [1.165, 1.54) is 30.3 Å². The highest BCUT2D eigenvalue weighted by atomic mass is 79.9. The first-order valence-electron chi connectivity index (χ1n) is 8.38. The molecule has 0 saturated carbocycles. The number of alkyl halides is 3. The van der Waals surface area contributed by atoms with Gasteiger partial charge in [-0.25, -0.2) is 0 Å². The Hall–Kier alpha value is -1.84. The third-order valence-electron chi connectivity index (χ3n) is 3.32. The topological polar surface area (TPSA) is 36.9 Å². The van der Waals surface area contributed by atoms with E-state index in [-0.39, 0.29) is 41.4 Å². The SMILES string of the molecule is F/C(Br)=C/COc1cc(Cl)c(OCCCOc2ccc(OC(F)(F)F)cc2)c(Cl)c1. The van der Waals surface area contributed by atoms with Crippen LogP contribution < -0.4 is 18.9 Å². The Kier molecular flexibility index (Phi) is 9.38. The van der Waals surface area contributed by atoms with Crippen molar-refractivity contribution >= 4 is 39.1 Å². The van der Waals surface area contributed by atoms with Crippen LogP contribution in [0.5, 0.6) is 23.0 Å². The Morgan fingerprint density at radius 2 is 1.47 bits per heavy atom. The van der Waals surface area contributed by atoms with Crippen molar-refractivity contribution in [2.75, 3.05) is 19.8 Å². The number of benzene rings is 2. The monoisotopic (exact) mass is 532 g/mol. The summed E-state index contributed by atoms with van der Waals surface area (Å²) in [4.78, 5) is 0. The summed E-state index contributed by atoms with van der Waals surface area (Å²) in [6, 6.07) is 8.03. The summed E-state index contributed by atoms with van der Waals surface area (Å²) in [6.45, 7) is 0.470. The van der Waals surface area contributed by atoms with Crippen molar-refractivity contribution in [3.05, 3.63) is 57.3 Å². The maximum atomic E-state index is 12.6. The molecule has 0 amide bonds. The number of hydrogen-bond donors (Lipinski definition) is 0. The van der Waals surface area contributed by atoms with Crippen LogP contribution in [-0.4, -0.2) is 26.2 Å². The largest absolute Gasteiger partial charge is 0.573 e. The Labute approximate surface area is 188 Å². The fourth-order valence-corrected chi connectivity index (χ4v) is 2.83. The molecule has 2 aromatic carbocycles. The minimum absolute atomic E-state index is 0.00933. The van der Waals surface area contributed by atoms with Crippen LogP contribution >= 0.6 is 39.1 Å². The molecule has 0 fully saturated rings. The van der Waals surface area contributed by atoms with Crippen LogP contribution in [0, 0.1) is 0 Å². The molecule has 0 bridgehead atoms. The minimum atomic E-state index is -4.74. The number of rotatable bonds is 10. The Morgan fingerprint density at radius 1 is 0.900 bits per heavy atom. The van der Waals surface area contributed by atoms with Crippen LogP contribution in [0.25, 0.3) is 0 Å². The zero-order chi connectivity index (χ0) is 22.1. The summed E-state index contributed by atoms with van der Waals surface area (Å²) in [5.74, 6) is 0.671. The summed E-state index contributed by atoms with van der Waals surface area (Å²) in [5, 5.41) is 0.448. The molecule has 0 unspecified atom stereocenters. The third kappa shape index (κ3) is 8.89. The highest BCUT2D eigenvalue weighted by Gasteiger charge is 2.30. The van der Waals surface area contributed by atoms with Crippen molar-refractivity contribution in [1.82, 2.24) is 0 Å². The standard InChI is InChI=1S/C19H15BrCl2F4O4/c20-17(23)6-9-28-14-10-15(21)18(16(22)11-14)29-8-1-7-27-12-2-4-13(5-3-12)30-19(24,25)26/h2-6,10-11H,1,7-9H2/b17-6+. The summed E-state index contributed by atoms with van der Waals surface area (Å²) in [7, 11) is 0. The molecule has 0 aliphatic carbocycles. The van der Waals surface area contributed by atoms with Crippen molar-refractivity contribution in [3.8, 4) is 23.0 Å². The van der Waals surface area contributed by atoms with Crippen molar-refractivity contribution < 1.29 is 36.5 Å². The third-order valence-corrected chi connectivity index (χ3v) is 4.21. The molecule has 2 rings (SSSR count). The van der Waals surface area contributed by atoms with E-state index in [4.69, 9.17) is 37.4 Å². The van der Waals surface area contributed by atoms with Gasteiger partial charge < -0.3 is 18.9 Å². The van der Waals surface area contributed by atoms with Gasteiger partial charge in [0.1, 0.15) is 23.9 Å². The molecule has 0 radical (unpaired) electrons. The number of ether oxygens (including phenoxy) is 4. The Morgan fingerprint density at radius 3 is 2.03 bits per heavy atom. The minimum Gasteiger partial charge on any atom is -0.493 e. The molecule has 30 heavy (non-hydrogen) atoms. The first-order valence-corrected chi connectivity index (χ1v) is 9.93. The van der Waals surface area contributed by atoms with E-state index in [9.17, 15) is 17.6 Å². The van der Waals surface area contributed by atoms with Crippen molar-refractivity contribution in [2.45, 2.75) is 12.8 Å². The van der Waals surface area contributed by atoms with E-state index in [0.29, 0.717) is 17.9 Å². The van der Waals surface area contributed by atoms with Crippen molar-refractivity contribution in [1.29, 1.82) is 0 Å². The highest BCUT2D eigenvalue weighted by molar-refractivity contribution is 9.11. The quantitative estimate of drug-likeness (QED) is 0.237. The second kappa shape index (κ2) is 11.5. The van der Waals surface area contributed by atoms with Crippen LogP contribution in [0.3, 0.4) is 0 Å². The lowest BCUT2D eigenvalue weighted by Crippen LogP contribution is -2.17. The molecular formula is C19H15BrCl2F4O4. The van der Waals surface area contributed by atoms with Crippen LogP contribution in [0.2, 0.25) is 10.0 Å². The van der Waals surface area contributed by atoms with Gasteiger partial charge >= 0.3 is 6.36 Å². The fraction of sp³-hybridized carbons (Fsp3) is 0.263. The summed E-state index contributed by atoms with van der Waals surface area (Å²) in [6.07, 6.45) is -3.10. The molecule has 0 saturated heterocycles. The van der Waals surface area contributed by atoms with E-state index in [1.54, 1.807) is 0 Å². The van der Waals surface area contributed by atoms with Gasteiger partial charge in [-0.2, -0.15) is 4.39 Å². The summed E-state index contributed by atoms with van der Waals surface area (Å²) in [5.41, 5.74) is 0. The average molecular weight is 534 g/mol. The van der Waals surface area contributed by atoms with E-state index in [2.05, 4.69) is 20.7 Å². The van der Waals surface area contributed by atoms with Crippen LogP contribution in [0.1, 0.15) is 6.42 Å². The van der Waals surface area contributed by atoms with E-state index >= 15 is 0 Å². The van der Waals surface area contributed by atoms with Gasteiger partial charge in [0, 0.05) is 18.6 Å². The van der Waals surface area contributed by atoms with Gasteiger partial charge in [-0.3, -0.25) is 0 Å². The molecule has 0 atom stereocenters. The number of hydrogen-bond acceptors (Lipinski definition) is 4. The molecule has 0 spiro atoms. The zero-order valence-corrected chi connectivity index (χ0v) is 18.2. The van der Waals surface area contributed by atoms with E-state index < -0.39 is 11.1 Å². The van der Waals surface area contributed by atoms with Gasteiger partial charge in [0.25, 0.3) is 0 Å². The molecule has 0 N–H and O–H groups in total. The van der Waals surface area contributed by atoms with Crippen molar-refractivity contribution in [3.63, 3.8) is 0 Å². The lowest BCUT2D eigenvalue weighted by molar-refractivity contribution is -0.274. The molecule has 0 aliphatic heterocycles. The maximum absolute atomic E-state index is 12.6. The predicted octanol–water partition coefficient (Wildman–Crippen LogP) is 7.32. The molecule has 2 aromatic rings. The average Bonchev–Trinajstić information content (AvgIpc) is 2.63. The van der Waals surface area contributed by atoms with Gasteiger partial charge in [0.2, 0.25) is 0 Å². The van der Waals surface area contributed by atoms with Crippen LogP contribution in [0.4, 0.5) is 17.6 Å². The number of halogens is 7. The van der Waals surface area contributed by atoms with E-state index in [0.717, 1.165) is 12.1 Å². The zero-order valence-electron chi connectivity index (χ0n) is 15.1. The fourth-order valence-electron chi connectivity index (χ4n) is 2.12. The molecule has 0 heterocycles. The lowest BCUT2D eigenvalue weighted by atomic mass is 10.3. The van der Waals surface area contributed by atoms with Crippen molar-refractivity contribution in [2.24, 2.45) is 0 Å². The van der Waals surface area contributed by atoms with Gasteiger partial charge in [-0.05, 0) is 46.3 Å². The molecule has 4 nitrogen and oxygen atoms in total. The highest BCUT2D eigenvalue weighted by Crippen LogP contribution is 2.37. The smallest absolute Gasteiger partial charge is 0.493 e. The van der Waals surface area contributed by atoms with Gasteiger partial charge in [0.05, 0.1) is 23.3 Å². The van der Waals surface area contributed by atoms with Crippen LogP contribution in [0.15, 0.2) is 47.2 Å².